The van der Waals surface area contributed by atoms with E-state index in [1.165, 1.54) is 5.56 Å². The van der Waals surface area contributed by atoms with Gasteiger partial charge in [0.25, 0.3) is 0 Å². The first kappa shape index (κ1) is 16.7. The van der Waals surface area contributed by atoms with Crippen molar-refractivity contribution >= 4 is 49.1 Å². The summed E-state index contributed by atoms with van der Waals surface area (Å²) in [6.45, 7) is 4.66. The Morgan fingerprint density at radius 3 is 2.67 bits per heavy atom. The minimum Gasteiger partial charge on any atom is -0.491 e. The number of hydrogen-bond acceptors (Lipinski definition) is 2. The lowest BCUT2D eigenvalue weighted by atomic mass is 10.1. The number of benzene rings is 2. The van der Waals surface area contributed by atoms with Gasteiger partial charge in [-0.05, 0) is 59.6 Å². The van der Waals surface area contributed by atoms with Crippen LogP contribution in [0.3, 0.4) is 0 Å². The molecule has 2 rings (SSSR count). The lowest BCUT2D eigenvalue weighted by Crippen LogP contribution is -2.08. The smallest absolute Gasteiger partial charge is 0.156 e. The van der Waals surface area contributed by atoms with Gasteiger partial charge in [-0.2, -0.15) is 0 Å². The van der Waals surface area contributed by atoms with Crippen LogP contribution in [0.2, 0.25) is 5.02 Å². The minimum atomic E-state index is 0.132. The van der Waals surface area contributed by atoms with Gasteiger partial charge in [0.05, 0.1) is 16.8 Å². The van der Waals surface area contributed by atoms with Gasteiger partial charge in [0.2, 0.25) is 0 Å². The van der Waals surface area contributed by atoms with Crippen molar-refractivity contribution in [1.29, 1.82) is 0 Å². The normalized spacial score (nSPS) is 12.0. The zero-order valence-corrected chi connectivity index (χ0v) is 15.7. The van der Waals surface area contributed by atoms with Crippen LogP contribution >= 0.6 is 43.5 Å². The summed E-state index contributed by atoms with van der Waals surface area (Å²) in [4.78, 5) is 0. The van der Waals surface area contributed by atoms with Gasteiger partial charge in [-0.1, -0.05) is 39.7 Å². The number of hydrogen-bond donors (Lipinski definition) is 1. The number of halogens is 3. The lowest BCUT2D eigenvalue weighted by molar-refractivity contribution is 0.339. The Morgan fingerprint density at radius 1 is 1.24 bits per heavy atom. The van der Waals surface area contributed by atoms with E-state index in [1.54, 1.807) is 0 Å². The van der Waals surface area contributed by atoms with Gasteiger partial charge in [-0.15, -0.1) is 0 Å². The monoisotopic (exact) mass is 431 g/mol. The Balaban J connectivity index is 2.30. The van der Waals surface area contributed by atoms with E-state index in [1.807, 2.05) is 31.2 Å². The first-order valence-electron chi connectivity index (χ1n) is 6.65. The van der Waals surface area contributed by atoms with Crippen LogP contribution < -0.4 is 10.1 Å². The lowest BCUT2D eigenvalue weighted by Gasteiger charge is -2.20. The van der Waals surface area contributed by atoms with Crippen molar-refractivity contribution in [2.75, 3.05) is 11.9 Å². The maximum atomic E-state index is 6.14. The first-order valence-corrected chi connectivity index (χ1v) is 8.61. The fourth-order valence-electron chi connectivity index (χ4n) is 2.05. The third-order valence-electron chi connectivity index (χ3n) is 3.02. The fraction of sp³-hybridized carbons (Fsp3) is 0.250. The molecular weight excluding hydrogens is 417 g/mol. The molecule has 5 heteroatoms. The van der Waals surface area contributed by atoms with E-state index in [2.05, 4.69) is 56.2 Å². The molecule has 0 saturated heterocycles. The van der Waals surface area contributed by atoms with Crippen LogP contribution in [-0.2, 0) is 0 Å². The predicted octanol–water partition coefficient (Wildman–Crippen LogP) is 6.44. The zero-order chi connectivity index (χ0) is 15.4. The van der Waals surface area contributed by atoms with Crippen molar-refractivity contribution in [2.45, 2.75) is 19.9 Å². The minimum absolute atomic E-state index is 0.132. The Labute approximate surface area is 147 Å². The molecule has 0 heterocycles. The third kappa shape index (κ3) is 4.38. The summed E-state index contributed by atoms with van der Waals surface area (Å²) in [6.07, 6.45) is 0. The molecule has 0 aliphatic rings. The molecule has 0 aromatic heterocycles. The van der Waals surface area contributed by atoms with Crippen LogP contribution in [0, 0.1) is 0 Å². The van der Waals surface area contributed by atoms with Crippen molar-refractivity contribution in [1.82, 2.24) is 0 Å². The van der Waals surface area contributed by atoms with Gasteiger partial charge in [0, 0.05) is 15.5 Å². The molecule has 0 amide bonds. The van der Waals surface area contributed by atoms with Crippen molar-refractivity contribution in [3.8, 4) is 5.75 Å². The maximum Gasteiger partial charge on any atom is 0.156 e. The van der Waals surface area contributed by atoms with Crippen LogP contribution in [0.25, 0.3) is 0 Å². The summed E-state index contributed by atoms with van der Waals surface area (Å²) in [7, 11) is 0. The highest BCUT2D eigenvalue weighted by atomic mass is 79.9. The van der Waals surface area contributed by atoms with Crippen LogP contribution in [-0.4, -0.2) is 6.61 Å². The molecule has 1 unspecified atom stereocenters. The Hall–Kier alpha value is -0.710. The summed E-state index contributed by atoms with van der Waals surface area (Å²) >= 11 is 13.1. The molecule has 2 aromatic carbocycles. The largest absolute Gasteiger partial charge is 0.491 e. The zero-order valence-electron chi connectivity index (χ0n) is 11.8. The van der Waals surface area contributed by atoms with Crippen molar-refractivity contribution in [3.63, 3.8) is 0 Å². The molecule has 2 nitrogen and oxygen atoms in total. The predicted molar refractivity (Wildman–Crippen MR) is 96.5 cm³/mol. The van der Waals surface area contributed by atoms with Crippen LogP contribution in [0.1, 0.15) is 25.5 Å². The molecule has 0 spiro atoms. The van der Waals surface area contributed by atoms with E-state index >= 15 is 0 Å². The summed E-state index contributed by atoms with van der Waals surface area (Å²) in [5.74, 6) is 0.781. The van der Waals surface area contributed by atoms with Crippen molar-refractivity contribution in [2.24, 2.45) is 0 Å². The van der Waals surface area contributed by atoms with E-state index in [9.17, 15) is 0 Å². The number of nitrogens with one attached hydrogen (secondary N) is 1. The van der Waals surface area contributed by atoms with Crippen molar-refractivity contribution in [3.05, 3.63) is 55.9 Å². The Kier molecular flexibility index (Phi) is 5.97. The molecule has 0 aliphatic heterocycles. The highest BCUT2D eigenvalue weighted by molar-refractivity contribution is 9.10. The summed E-state index contributed by atoms with van der Waals surface area (Å²) in [5, 5.41) is 4.12. The quantitative estimate of drug-likeness (QED) is 0.586. The second-order valence-electron chi connectivity index (χ2n) is 4.62. The molecular formula is C16H16Br2ClNO. The standard InChI is InChI=1S/C16H16Br2ClNO/c1-3-21-16-14(18)8-13(19)9-15(16)20-10(2)11-5-4-6-12(17)7-11/h4-10,20H,3H2,1-2H3. The van der Waals surface area contributed by atoms with Crippen LogP contribution in [0.4, 0.5) is 5.69 Å². The molecule has 0 fully saturated rings. The average Bonchev–Trinajstić information content (AvgIpc) is 2.42. The molecule has 21 heavy (non-hydrogen) atoms. The van der Waals surface area contributed by atoms with E-state index in [-0.39, 0.29) is 6.04 Å². The molecule has 2 aromatic rings. The van der Waals surface area contributed by atoms with Gasteiger partial charge >= 0.3 is 0 Å². The van der Waals surface area contributed by atoms with Gasteiger partial charge < -0.3 is 10.1 Å². The molecule has 0 radical (unpaired) electrons. The average molecular weight is 434 g/mol. The van der Waals surface area contributed by atoms with Gasteiger partial charge in [-0.3, -0.25) is 0 Å². The Morgan fingerprint density at radius 2 is 2.00 bits per heavy atom. The SMILES string of the molecule is CCOc1c(Br)cc(Cl)cc1NC(C)c1cccc(Br)c1. The summed E-state index contributed by atoms with van der Waals surface area (Å²) in [5.41, 5.74) is 2.06. The topological polar surface area (TPSA) is 21.3 Å². The van der Waals surface area contributed by atoms with E-state index in [0.717, 1.165) is 20.4 Å². The first-order chi connectivity index (χ1) is 10.0. The van der Waals surface area contributed by atoms with Gasteiger partial charge in [0.1, 0.15) is 0 Å². The highest BCUT2D eigenvalue weighted by Crippen LogP contribution is 2.38. The maximum absolute atomic E-state index is 6.14. The van der Waals surface area contributed by atoms with E-state index in [0.29, 0.717) is 11.6 Å². The second kappa shape index (κ2) is 7.52. The molecule has 112 valence electrons. The molecule has 0 saturated carbocycles. The van der Waals surface area contributed by atoms with Gasteiger partial charge in [-0.25, -0.2) is 0 Å². The fourth-order valence-corrected chi connectivity index (χ4v) is 3.39. The highest BCUT2D eigenvalue weighted by Gasteiger charge is 2.13. The number of rotatable bonds is 5. The number of ether oxygens (including phenoxy) is 1. The molecule has 0 bridgehead atoms. The second-order valence-corrected chi connectivity index (χ2v) is 6.82. The van der Waals surface area contributed by atoms with E-state index in [4.69, 9.17) is 16.3 Å². The molecule has 1 atom stereocenters. The molecule has 0 aliphatic carbocycles. The summed E-state index contributed by atoms with van der Waals surface area (Å²) < 4.78 is 7.62. The van der Waals surface area contributed by atoms with Crippen molar-refractivity contribution < 1.29 is 4.74 Å². The van der Waals surface area contributed by atoms with Crippen LogP contribution in [0.5, 0.6) is 5.75 Å². The third-order valence-corrected chi connectivity index (χ3v) is 4.32. The molecule has 1 N–H and O–H groups in total. The number of anilines is 1. The van der Waals surface area contributed by atoms with E-state index < -0.39 is 0 Å². The summed E-state index contributed by atoms with van der Waals surface area (Å²) in [6, 6.07) is 12.1. The van der Waals surface area contributed by atoms with Crippen LogP contribution in [0.15, 0.2) is 45.3 Å². The Bertz CT molecular complexity index is 634. The van der Waals surface area contributed by atoms with Gasteiger partial charge in [0.15, 0.2) is 5.75 Å².